The Bertz CT molecular complexity index is 6690. The van der Waals surface area contributed by atoms with Gasteiger partial charge in [-0.25, -0.2) is 0 Å². The van der Waals surface area contributed by atoms with E-state index in [4.69, 9.17) is 105 Å². The first-order chi connectivity index (χ1) is 57.4. The Morgan fingerprint density at radius 1 is 0.311 bits per heavy atom. The molecule has 0 fully saturated rings. The predicted molar refractivity (Wildman–Crippen MR) is 488 cm³/mol. The fourth-order valence-electron chi connectivity index (χ4n) is 17.3. The normalized spacial score (nSPS) is 12.4. The maximum atomic E-state index is 15.0. The number of nitrogens with zero attached hydrogens (tertiary/aromatic N) is 10. The van der Waals surface area contributed by atoms with Gasteiger partial charge in [-0.15, -0.1) is 15.3 Å². The van der Waals surface area contributed by atoms with Crippen LogP contribution in [-0.4, -0.2) is 46.0 Å². The van der Waals surface area contributed by atoms with E-state index in [-0.39, 0.29) is 23.5 Å². The lowest BCUT2D eigenvalue weighted by Crippen LogP contribution is -2.27. The van der Waals surface area contributed by atoms with Crippen LogP contribution in [0.3, 0.4) is 0 Å². The van der Waals surface area contributed by atoms with E-state index in [1.807, 2.05) is 217 Å². The second-order valence-corrected chi connectivity index (χ2v) is 33.1. The number of carbonyl (C=O) groups is 3. The smallest absolute Gasteiger partial charge is 0.261 e. The number of halogens is 6. The lowest BCUT2D eigenvalue weighted by Gasteiger charge is -2.25. The van der Waals surface area contributed by atoms with Crippen LogP contribution in [0.1, 0.15) is 92.3 Å². The summed E-state index contributed by atoms with van der Waals surface area (Å²) >= 11 is 39.2. The molecule has 0 N–H and O–H groups in total. The number of hydrogen-bond acceptors (Lipinski definition) is 11. The number of ether oxygens (including phenoxy) is 1. The van der Waals surface area contributed by atoms with Crippen LogP contribution in [0, 0.1) is 34.6 Å². The van der Waals surface area contributed by atoms with Crippen LogP contribution in [0.4, 0.5) is 68.2 Å². The Morgan fingerprint density at radius 2 is 0.597 bits per heavy atom. The van der Waals surface area contributed by atoms with Crippen molar-refractivity contribution in [3.05, 3.63) is 345 Å². The molecule has 3 aliphatic rings. The van der Waals surface area contributed by atoms with Crippen molar-refractivity contribution in [2.45, 2.75) is 53.9 Å². The van der Waals surface area contributed by atoms with E-state index >= 15 is 0 Å². The van der Waals surface area contributed by atoms with Crippen LogP contribution in [0.2, 0.25) is 30.1 Å². The standard InChI is InChI=1S/C99H72Cl6N10O4/c1-52-40-63(100)19-37-87(52)112(6)97(116)78-46-60-13-34-75-80-49-66(103)16-10-57(80)43-83(75)90(60)93(55(78)4)109-106-69-22-28-72(29-23-69)115(73-30-24-70(25-31-73)107-110-94-56(5)79(98(117)113(7)88-38-20-64(101)41-53(88)2)47-61-14-35-76-81-50-67(104)17-11-58(81)44-84(76)91(61)94)74-32-26-71(27-33-74)108-111-95-92-62(15-36-77-82-51-68(105)18-12-59(82)45-85(77)92)48-86(96(95)119-9)99(118)114(8)89-39-21-65(102)42-54(89)3/h10-42,46-51H,43-45H2,1-9H3. The Labute approximate surface area is 717 Å². The number of benzene rings is 15. The maximum absolute atomic E-state index is 15.0. The Kier molecular flexibility index (Phi) is 20.4. The van der Waals surface area contributed by atoms with Gasteiger partial charge in [-0.3, -0.25) is 14.4 Å². The highest BCUT2D eigenvalue weighted by Crippen LogP contribution is 2.53. The molecule has 0 spiro atoms. The summed E-state index contributed by atoms with van der Waals surface area (Å²) in [4.78, 5) is 51.8. The first-order valence-electron chi connectivity index (χ1n) is 38.6. The molecule has 15 aromatic carbocycles. The molecule has 0 atom stereocenters. The third kappa shape index (κ3) is 14.1. The van der Waals surface area contributed by atoms with Gasteiger partial charge in [0.15, 0.2) is 5.75 Å². The van der Waals surface area contributed by atoms with Gasteiger partial charge in [0.05, 0.1) is 41.1 Å². The van der Waals surface area contributed by atoms with Crippen molar-refractivity contribution in [2.75, 3.05) is 47.9 Å². The number of aryl methyl sites for hydroxylation is 3. The quantitative estimate of drug-likeness (QED) is 0.0884. The van der Waals surface area contributed by atoms with Crippen molar-refractivity contribution in [2.24, 2.45) is 30.7 Å². The summed E-state index contributed by atoms with van der Waals surface area (Å²) in [5.41, 5.74) is 25.6. The summed E-state index contributed by atoms with van der Waals surface area (Å²) in [5.74, 6) is -0.466. The molecule has 0 unspecified atom stereocenters. The second kappa shape index (κ2) is 31.2. The minimum atomic E-state index is -0.312. The van der Waals surface area contributed by atoms with Crippen LogP contribution in [-0.2, 0) is 19.3 Å². The summed E-state index contributed by atoms with van der Waals surface area (Å²) in [7, 11) is 6.83. The molecule has 18 rings (SSSR count). The highest BCUT2D eigenvalue weighted by atomic mass is 35.5. The SMILES string of the molecule is COc1c(C(=O)N(C)c2ccc(Cl)cc2C)cc2ccc3c(c2c1N=Nc1ccc(N(c2ccc(N=Nc4c(C)c(C(=O)N(C)c5ccc(Cl)cc5C)cc5ccc6c(c45)Cc4ccc(Cl)cc4-6)cc2)c2ccc(N=Nc4c(C)c(C(=O)N(C)c5ccc(Cl)cc5C)cc5ccc6c(c45)Cc4ccc(Cl)cc4-6)cc2)cc1)Cc1ccc(Cl)cc1-3. The van der Waals surface area contributed by atoms with Crippen molar-refractivity contribution in [3.8, 4) is 39.1 Å². The van der Waals surface area contributed by atoms with Crippen molar-refractivity contribution in [1.29, 1.82) is 0 Å². The molecule has 584 valence electrons. The average molecular weight is 1680 g/mol. The molecule has 119 heavy (non-hydrogen) atoms. The van der Waals surface area contributed by atoms with Crippen molar-refractivity contribution >= 4 is 188 Å². The summed E-state index contributed by atoms with van der Waals surface area (Å²) in [6, 6.07) is 75.9. The molecule has 0 aromatic heterocycles. The molecule has 0 aliphatic heterocycles. The molecule has 3 amide bonds. The minimum absolute atomic E-state index is 0.210. The zero-order chi connectivity index (χ0) is 82.7. The number of rotatable bonds is 16. The van der Waals surface area contributed by atoms with Crippen LogP contribution >= 0.6 is 69.6 Å². The highest BCUT2D eigenvalue weighted by Gasteiger charge is 2.33. The molecule has 14 nitrogen and oxygen atoms in total. The number of amides is 3. The number of hydrogen-bond donors (Lipinski definition) is 0. The first-order valence-corrected chi connectivity index (χ1v) is 40.9. The number of azo groups is 3. The Hall–Kier alpha value is -12.4. The monoisotopic (exact) mass is 1670 g/mol. The van der Waals surface area contributed by atoms with E-state index in [1.54, 1.807) is 61.2 Å². The van der Waals surface area contributed by atoms with Gasteiger partial charge in [0.2, 0.25) is 0 Å². The second-order valence-electron chi connectivity index (χ2n) is 30.5. The topological polar surface area (TPSA) is 148 Å². The van der Waals surface area contributed by atoms with Gasteiger partial charge in [-0.05, 0) is 347 Å². The Balaban J connectivity index is 0.738. The van der Waals surface area contributed by atoms with Crippen molar-refractivity contribution in [1.82, 2.24) is 0 Å². The van der Waals surface area contributed by atoms with E-state index in [1.165, 1.54) is 0 Å². The molecule has 0 radical (unpaired) electrons. The molecule has 15 aromatic rings. The fourth-order valence-corrected chi connectivity index (χ4v) is 18.5. The van der Waals surface area contributed by atoms with Gasteiger partial charge in [0.25, 0.3) is 17.7 Å². The Morgan fingerprint density at radius 3 is 0.916 bits per heavy atom. The van der Waals surface area contributed by atoms with E-state index in [0.29, 0.717) is 117 Å². The summed E-state index contributed by atoms with van der Waals surface area (Å²) in [5, 5.41) is 39.1. The van der Waals surface area contributed by atoms with Gasteiger partial charge in [0, 0.05) is 113 Å². The van der Waals surface area contributed by atoms with Gasteiger partial charge in [-0.2, -0.15) is 15.3 Å². The van der Waals surface area contributed by atoms with Crippen LogP contribution < -0.4 is 24.3 Å². The third-order valence-corrected chi connectivity index (χ3v) is 24.7. The predicted octanol–water partition coefficient (Wildman–Crippen LogP) is 29.9. The first kappa shape index (κ1) is 77.8. The van der Waals surface area contributed by atoms with Crippen molar-refractivity contribution in [3.63, 3.8) is 0 Å². The molecule has 0 saturated heterocycles. The largest absolute Gasteiger partial charge is 0.494 e. The maximum Gasteiger partial charge on any atom is 0.261 e. The van der Waals surface area contributed by atoms with Gasteiger partial charge in [-0.1, -0.05) is 124 Å². The van der Waals surface area contributed by atoms with Crippen LogP contribution in [0.5, 0.6) is 5.75 Å². The molecule has 0 saturated carbocycles. The van der Waals surface area contributed by atoms with E-state index in [0.717, 1.165) is 144 Å². The lowest BCUT2D eigenvalue weighted by molar-refractivity contribution is 0.0983. The number of carbonyl (C=O) groups excluding carboxylic acids is 3. The van der Waals surface area contributed by atoms with Gasteiger partial charge in [0.1, 0.15) is 5.69 Å². The fraction of sp³-hybridized carbons (Fsp3) is 0.121. The average Bonchev–Trinajstić information content (AvgIpc) is 1.62. The van der Waals surface area contributed by atoms with Crippen molar-refractivity contribution < 1.29 is 19.1 Å². The van der Waals surface area contributed by atoms with Crippen LogP contribution in [0.15, 0.2) is 267 Å². The number of methoxy groups -OCH3 is 1. The zero-order valence-electron chi connectivity index (χ0n) is 66.0. The van der Waals surface area contributed by atoms with Crippen LogP contribution in [0.25, 0.3) is 65.7 Å². The zero-order valence-corrected chi connectivity index (χ0v) is 70.5. The highest BCUT2D eigenvalue weighted by molar-refractivity contribution is 6.33. The molecule has 0 heterocycles. The summed E-state index contributed by atoms with van der Waals surface area (Å²) in [6.07, 6.45) is 1.87. The molecule has 3 aliphatic carbocycles. The lowest BCUT2D eigenvalue weighted by atomic mass is 9.92. The number of fused-ring (bicyclic) bond motifs is 15. The number of anilines is 6. The summed E-state index contributed by atoms with van der Waals surface area (Å²) in [6.45, 7) is 9.65. The summed E-state index contributed by atoms with van der Waals surface area (Å²) < 4.78 is 6.30. The molecule has 0 bridgehead atoms. The minimum Gasteiger partial charge on any atom is -0.494 e. The van der Waals surface area contributed by atoms with Gasteiger partial charge < -0.3 is 24.3 Å². The van der Waals surface area contributed by atoms with E-state index in [2.05, 4.69) is 41.3 Å². The molecular weight excluding hydrogens is 1610 g/mol. The molecule has 20 heteroatoms. The van der Waals surface area contributed by atoms with Gasteiger partial charge >= 0.3 is 0 Å². The van der Waals surface area contributed by atoms with E-state index < -0.39 is 0 Å². The van der Waals surface area contributed by atoms with E-state index in [9.17, 15) is 14.4 Å². The third-order valence-electron chi connectivity index (χ3n) is 23.3. The molecular formula is C99H72Cl6N10O4.